The van der Waals surface area contributed by atoms with Gasteiger partial charge in [0, 0.05) is 21.1 Å². The average Bonchev–Trinajstić information content (AvgIpc) is 2.51. The molecule has 0 saturated carbocycles. The van der Waals surface area contributed by atoms with Gasteiger partial charge in [-0.05, 0) is 29.1 Å². The highest BCUT2D eigenvalue weighted by Gasteiger charge is 2.12. The van der Waals surface area contributed by atoms with E-state index in [4.69, 9.17) is 23.2 Å². The Morgan fingerprint density at radius 1 is 0.864 bits per heavy atom. The van der Waals surface area contributed by atoms with E-state index < -0.39 is 0 Å². The van der Waals surface area contributed by atoms with Crippen LogP contribution in [-0.2, 0) is 11.2 Å². The summed E-state index contributed by atoms with van der Waals surface area (Å²) < 4.78 is 0. The van der Waals surface area contributed by atoms with E-state index in [2.05, 4.69) is 5.32 Å². The number of rotatable bonds is 3. The van der Waals surface area contributed by atoms with Crippen LogP contribution in [0.3, 0.4) is 0 Å². The highest BCUT2D eigenvalue weighted by molar-refractivity contribution is 6.36. The topological polar surface area (TPSA) is 29.1 Å². The van der Waals surface area contributed by atoms with Crippen molar-refractivity contribution < 1.29 is 4.79 Å². The van der Waals surface area contributed by atoms with Crippen LogP contribution in [0.1, 0.15) is 5.56 Å². The molecule has 1 N–H and O–H groups in total. The molecule has 0 saturated heterocycles. The third-order valence-corrected chi connectivity index (χ3v) is 4.17. The molecule has 0 spiro atoms. The van der Waals surface area contributed by atoms with Crippen LogP contribution >= 0.6 is 23.2 Å². The van der Waals surface area contributed by atoms with Crippen LogP contribution in [-0.4, -0.2) is 5.91 Å². The molecule has 0 bridgehead atoms. The number of carbonyl (C=O) groups excluding carboxylic acids is 1. The minimum absolute atomic E-state index is 0.141. The van der Waals surface area contributed by atoms with E-state index in [1.807, 2.05) is 42.5 Å². The Balaban J connectivity index is 1.85. The number of amides is 1. The lowest BCUT2D eigenvalue weighted by Crippen LogP contribution is -2.15. The van der Waals surface area contributed by atoms with Crippen LogP contribution in [0, 0.1) is 0 Å². The zero-order valence-corrected chi connectivity index (χ0v) is 13.2. The van der Waals surface area contributed by atoms with Gasteiger partial charge in [0.25, 0.3) is 0 Å². The standard InChI is InChI=1S/C18H13Cl2NO/c19-15-8-4-9-16(20)14(15)11-18(22)21-17-10-3-6-12-5-1-2-7-13(12)17/h1-10H,11H2,(H,21,22). The van der Waals surface area contributed by atoms with Gasteiger partial charge >= 0.3 is 0 Å². The number of carbonyl (C=O) groups is 1. The second-order valence-corrected chi connectivity index (χ2v) is 5.77. The Kier molecular flexibility index (Phi) is 4.32. The number of halogens is 2. The van der Waals surface area contributed by atoms with Crippen molar-refractivity contribution in [1.82, 2.24) is 0 Å². The first-order valence-corrected chi connectivity index (χ1v) is 7.61. The van der Waals surface area contributed by atoms with Crippen molar-refractivity contribution in [1.29, 1.82) is 0 Å². The summed E-state index contributed by atoms with van der Waals surface area (Å²) in [5, 5.41) is 6.02. The quantitative estimate of drug-likeness (QED) is 0.691. The number of anilines is 1. The van der Waals surface area contributed by atoms with Gasteiger partial charge in [0.2, 0.25) is 5.91 Å². The number of benzene rings is 3. The molecule has 3 aromatic rings. The summed E-state index contributed by atoms with van der Waals surface area (Å²) in [7, 11) is 0. The molecular weight excluding hydrogens is 317 g/mol. The second kappa shape index (κ2) is 6.39. The fraction of sp³-hybridized carbons (Fsp3) is 0.0556. The molecule has 1 amide bonds. The molecule has 2 nitrogen and oxygen atoms in total. The van der Waals surface area contributed by atoms with Gasteiger partial charge in [-0.15, -0.1) is 0 Å². The van der Waals surface area contributed by atoms with Crippen LogP contribution < -0.4 is 5.32 Å². The molecule has 0 heterocycles. The maximum Gasteiger partial charge on any atom is 0.228 e. The number of nitrogens with one attached hydrogen (secondary N) is 1. The van der Waals surface area contributed by atoms with E-state index in [1.54, 1.807) is 18.2 Å². The minimum Gasteiger partial charge on any atom is -0.325 e. The lowest BCUT2D eigenvalue weighted by atomic mass is 10.1. The molecule has 0 radical (unpaired) electrons. The van der Waals surface area contributed by atoms with Gasteiger partial charge in [-0.1, -0.05) is 65.7 Å². The first kappa shape index (κ1) is 14.9. The summed E-state index contributed by atoms with van der Waals surface area (Å²) >= 11 is 12.2. The van der Waals surface area contributed by atoms with E-state index in [1.165, 1.54) is 0 Å². The molecule has 110 valence electrons. The molecule has 4 heteroatoms. The predicted molar refractivity (Wildman–Crippen MR) is 92.7 cm³/mol. The van der Waals surface area contributed by atoms with Gasteiger partial charge in [0.05, 0.1) is 6.42 Å². The third kappa shape index (κ3) is 3.08. The molecule has 0 aliphatic carbocycles. The van der Waals surface area contributed by atoms with Crippen LogP contribution in [0.4, 0.5) is 5.69 Å². The number of hydrogen-bond acceptors (Lipinski definition) is 1. The van der Waals surface area contributed by atoms with E-state index >= 15 is 0 Å². The molecule has 0 fully saturated rings. The van der Waals surface area contributed by atoms with Gasteiger partial charge < -0.3 is 5.32 Å². The monoisotopic (exact) mass is 329 g/mol. The highest BCUT2D eigenvalue weighted by atomic mass is 35.5. The second-order valence-electron chi connectivity index (χ2n) is 4.95. The summed E-state index contributed by atoms with van der Waals surface area (Å²) in [6.07, 6.45) is 0.141. The molecular formula is C18H13Cl2NO. The maximum atomic E-state index is 12.3. The lowest BCUT2D eigenvalue weighted by molar-refractivity contribution is -0.115. The van der Waals surface area contributed by atoms with Crippen molar-refractivity contribution in [2.45, 2.75) is 6.42 Å². The van der Waals surface area contributed by atoms with Crippen molar-refractivity contribution in [2.24, 2.45) is 0 Å². The van der Waals surface area contributed by atoms with E-state index in [-0.39, 0.29) is 12.3 Å². The number of fused-ring (bicyclic) bond motifs is 1. The van der Waals surface area contributed by atoms with Gasteiger partial charge in [0.15, 0.2) is 0 Å². The van der Waals surface area contributed by atoms with Gasteiger partial charge in [0.1, 0.15) is 0 Å². The summed E-state index contributed by atoms with van der Waals surface area (Å²) in [6.45, 7) is 0. The maximum absolute atomic E-state index is 12.3. The van der Waals surface area contributed by atoms with Crippen LogP contribution in [0.5, 0.6) is 0 Å². The SMILES string of the molecule is O=C(Cc1c(Cl)cccc1Cl)Nc1cccc2ccccc12. The molecule has 0 aliphatic heterocycles. The normalized spacial score (nSPS) is 10.6. The fourth-order valence-electron chi connectivity index (χ4n) is 2.39. The van der Waals surface area contributed by atoms with Gasteiger partial charge in [-0.3, -0.25) is 4.79 Å². The van der Waals surface area contributed by atoms with E-state index in [0.717, 1.165) is 16.5 Å². The summed E-state index contributed by atoms with van der Waals surface area (Å²) in [5.74, 6) is -0.147. The van der Waals surface area contributed by atoms with Crippen molar-refractivity contribution in [3.8, 4) is 0 Å². The molecule has 0 aromatic heterocycles. The first-order chi connectivity index (χ1) is 10.6. The third-order valence-electron chi connectivity index (χ3n) is 3.46. The highest BCUT2D eigenvalue weighted by Crippen LogP contribution is 2.26. The molecule has 3 aromatic carbocycles. The van der Waals surface area contributed by atoms with E-state index in [0.29, 0.717) is 15.6 Å². The lowest BCUT2D eigenvalue weighted by Gasteiger charge is -2.10. The largest absolute Gasteiger partial charge is 0.325 e. The molecule has 22 heavy (non-hydrogen) atoms. The van der Waals surface area contributed by atoms with Gasteiger partial charge in [-0.2, -0.15) is 0 Å². The van der Waals surface area contributed by atoms with Crippen molar-refractivity contribution >= 4 is 45.6 Å². The minimum atomic E-state index is -0.147. The van der Waals surface area contributed by atoms with Crippen LogP contribution in [0.2, 0.25) is 10.0 Å². The Morgan fingerprint density at radius 3 is 2.27 bits per heavy atom. The van der Waals surface area contributed by atoms with E-state index in [9.17, 15) is 4.79 Å². The van der Waals surface area contributed by atoms with Crippen LogP contribution in [0.15, 0.2) is 60.7 Å². The Labute approximate surface area is 138 Å². The Hall–Kier alpha value is -2.03. The summed E-state index contributed by atoms with van der Waals surface area (Å²) in [4.78, 5) is 12.3. The zero-order chi connectivity index (χ0) is 15.5. The first-order valence-electron chi connectivity index (χ1n) is 6.85. The van der Waals surface area contributed by atoms with Gasteiger partial charge in [-0.25, -0.2) is 0 Å². The van der Waals surface area contributed by atoms with Crippen molar-refractivity contribution in [2.75, 3.05) is 5.32 Å². The predicted octanol–water partition coefficient (Wildman–Crippen LogP) is 5.33. The summed E-state index contributed by atoms with van der Waals surface area (Å²) in [6, 6.07) is 18.9. The van der Waals surface area contributed by atoms with Crippen LogP contribution in [0.25, 0.3) is 10.8 Å². The Morgan fingerprint density at radius 2 is 1.50 bits per heavy atom. The van der Waals surface area contributed by atoms with Crippen molar-refractivity contribution in [3.05, 3.63) is 76.3 Å². The zero-order valence-electron chi connectivity index (χ0n) is 11.6. The summed E-state index contributed by atoms with van der Waals surface area (Å²) in [5.41, 5.74) is 1.43. The molecule has 0 aliphatic rings. The average molecular weight is 330 g/mol. The molecule has 0 unspecified atom stereocenters. The molecule has 0 atom stereocenters. The van der Waals surface area contributed by atoms with Crippen molar-refractivity contribution in [3.63, 3.8) is 0 Å². The molecule has 3 rings (SSSR count). The fourth-order valence-corrected chi connectivity index (χ4v) is 2.92. The Bertz CT molecular complexity index is 820. The smallest absolute Gasteiger partial charge is 0.228 e. The number of hydrogen-bond donors (Lipinski definition) is 1.